The Morgan fingerprint density at radius 2 is 1.76 bits per heavy atom. The summed E-state index contributed by atoms with van der Waals surface area (Å²) in [5.74, 6) is 1.54. The molecule has 17 heavy (non-hydrogen) atoms. The highest BCUT2D eigenvalue weighted by molar-refractivity contribution is 5.44. The summed E-state index contributed by atoms with van der Waals surface area (Å²) in [4.78, 5) is 7.88. The quantitative estimate of drug-likeness (QED) is 0.785. The zero-order chi connectivity index (χ0) is 13.4. The minimum Gasteiger partial charge on any atom is -0.383 e. The molecular weight excluding hydrogens is 210 g/mol. The smallest absolute Gasteiger partial charge is 0.109 e. The number of H-pyrrole nitrogens is 1. The van der Waals surface area contributed by atoms with Crippen LogP contribution in [0.5, 0.6) is 0 Å². The molecule has 98 valence electrons. The highest BCUT2D eigenvalue weighted by atomic mass is 15.0. The third-order valence-electron chi connectivity index (χ3n) is 2.33. The van der Waals surface area contributed by atoms with E-state index in [1.165, 1.54) is 11.0 Å². The van der Waals surface area contributed by atoms with Gasteiger partial charge in [-0.05, 0) is 13.0 Å². The van der Waals surface area contributed by atoms with Gasteiger partial charge in [0, 0.05) is 18.2 Å². The molecule has 0 atom stereocenters. The predicted molar refractivity (Wildman–Crippen MR) is 76.2 cm³/mol. The second-order valence-corrected chi connectivity index (χ2v) is 3.75. The first-order chi connectivity index (χ1) is 8.18. The van der Waals surface area contributed by atoms with Gasteiger partial charge in [-0.15, -0.1) is 0 Å². The molecule has 1 aromatic rings. The molecule has 2 rings (SSSR count). The molecule has 1 aromatic heterocycles. The van der Waals surface area contributed by atoms with E-state index in [9.17, 15) is 0 Å². The second kappa shape index (κ2) is 7.93. The molecule has 0 radical (unpaired) electrons. The maximum Gasteiger partial charge on any atom is 0.109 e. The van der Waals surface area contributed by atoms with Crippen LogP contribution in [-0.4, -0.2) is 16.5 Å². The van der Waals surface area contributed by atoms with Crippen LogP contribution >= 0.6 is 0 Å². The molecule has 0 unspecified atom stereocenters. The largest absolute Gasteiger partial charge is 0.383 e. The van der Waals surface area contributed by atoms with Gasteiger partial charge in [0.1, 0.15) is 11.2 Å². The van der Waals surface area contributed by atoms with Gasteiger partial charge in [0.15, 0.2) is 0 Å². The number of hydrogen-bond donors (Lipinski definition) is 2. The monoisotopic (exact) mass is 237 g/mol. The minimum absolute atomic E-state index is 0.465. The molecule has 0 saturated heterocycles. The van der Waals surface area contributed by atoms with Gasteiger partial charge in [0.2, 0.25) is 0 Å². The highest BCUT2D eigenvalue weighted by Crippen LogP contribution is 2.03. The summed E-state index contributed by atoms with van der Waals surface area (Å²) in [6.07, 6.45) is 2.14. The first-order valence-corrected chi connectivity index (χ1v) is 6.69. The Balaban J connectivity index is 0.000000581. The minimum atomic E-state index is 0.465. The van der Waals surface area contributed by atoms with Crippen LogP contribution in [0.2, 0.25) is 0 Å². The fraction of sp³-hybridized carbons (Fsp3) is 0.643. The Labute approximate surface area is 105 Å². The second-order valence-electron chi connectivity index (χ2n) is 3.75. The summed E-state index contributed by atoms with van der Waals surface area (Å²) in [7, 11) is 0. The van der Waals surface area contributed by atoms with E-state index in [0.29, 0.717) is 5.92 Å². The van der Waals surface area contributed by atoms with Crippen LogP contribution in [0.1, 0.15) is 60.2 Å². The highest BCUT2D eigenvalue weighted by Gasteiger charge is 2.07. The summed E-state index contributed by atoms with van der Waals surface area (Å²) < 4.78 is 0. The van der Waals surface area contributed by atoms with Crippen molar-refractivity contribution in [2.24, 2.45) is 0 Å². The molecule has 0 fully saturated rings. The van der Waals surface area contributed by atoms with E-state index in [2.05, 4.69) is 42.1 Å². The van der Waals surface area contributed by atoms with Crippen molar-refractivity contribution in [2.75, 3.05) is 6.54 Å². The molecule has 3 heteroatoms. The molecule has 3 nitrogen and oxygen atoms in total. The number of nitrogens with zero attached hydrogens (tertiary/aromatic N) is 1. The Morgan fingerprint density at radius 1 is 1.18 bits per heavy atom. The topological polar surface area (TPSA) is 40.7 Å². The van der Waals surface area contributed by atoms with E-state index in [1.807, 2.05) is 27.7 Å². The average Bonchev–Trinajstić information content (AvgIpc) is 2.80. The lowest BCUT2D eigenvalue weighted by Crippen LogP contribution is -2.36. The molecule has 1 aliphatic heterocycles. The van der Waals surface area contributed by atoms with Crippen LogP contribution in [0.15, 0.2) is 0 Å². The Bertz CT molecular complexity index is 427. The normalized spacial score (nSPS) is 12.4. The summed E-state index contributed by atoms with van der Waals surface area (Å²) in [6, 6.07) is 0. The molecule has 0 bridgehead atoms. The first-order valence-electron chi connectivity index (χ1n) is 6.69. The third kappa shape index (κ3) is 3.91. The summed E-state index contributed by atoms with van der Waals surface area (Å²) in [5, 5.41) is 5.51. The number of imidazole rings is 1. The third-order valence-corrected chi connectivity index (χ3v) is 2.33. The summed E-state index contributed by atoms with van der Waals surface area (Å²) >= 11 is 0. The number of aromatic nitrogens is 2. The van der Waals surface area contributed by atoms with Crippen LogP contribution in [-0.2, 0) is 0 Å². The standard InChI is InChI=1S/C10H15N3.2C2H6/c1-6(2)10-12-8-4-5-11-7(3)9(8)13-10;2*1-2/h4,6,11H,5H2,1-3H3,(H,12,13);2*1-2H3. The molecule has 0 saturated carbocycles. The van der Waals surface area contributed by atoms with E-state index < -0.39 is 0 Å². The van der Waals surface area contributed by atoms with Crippen LogP contribution in [0.4, 0.5) is 0 Å². The van der Waals surface area contributed by atoms with Crippen LogP contribution < -0.4 is 16.0 Å². The van der Waals surface area contributed by atoms with E-state index in [0.717, 1.165) is 17.7 Å². The fourth-order valence-electron chi connectivity index (χ4n) is 1.50. The van der Waals surface area contributed by atoms with Crippen molar-refractivity contribution in [2.45, 2.75) is 54.4 Å². The van der Waals surface area contributed by atoms with Crippen molar-refractivity contribution < 1.29 is 0 Å². The maximum atomic E-state index is 4.54. The molecular formula is C14H27N3. The number of nitrogens with one attached hydrogen (secondary N) is 2. The van der Waals surface area contributed by atoms with Gasteiger partial charge < -0.3 is 10.3 Å². The Kier molecular flexibility index (Phi) is 7.35. The lowest BCUT2D eigenvalue weighted by atomic mass is 10.2. The molecule has 0 aromatic carbocycles. The summed E-state index contributed by atoms with van der Waals surface area (Å²) in [5.41, 5.74) is 1.17. The SMILES string of the molecule is CC.CC.CC1=c2nc(C(C)C)[nH]c2=CCN1. The number of hydrogen-bond acceptors (Lipinski definition) is 2. The van der Waals surface area contributed by atoms with Crippen molar-refractivity contribution in [3.05, 3.63) is 16.5 Å². The van der Waals surface area contributed by atoms with Crippen molar-refractivity contribution in [3.8, 4) is 0 Å². The Morgan fingerprint density at radius 3 is 2.24 bits per heavy atom. The van der Waals surface area contributed by atoms with Crippen LogP contribution in [0, 0.1) is 0 Å². The lowest BCUT2D eigenvalue weighted by molar-refractivity contribution is 0.790. The van der Waals surface area contributed by atoms with Gasteiger partial charge in [-0.1, -0.05) is 41.5 Å². The van der Waals surface area contributed by atoms with Gasteiger partial charge in [-0.3, -0.25) is 0 Å². The van der Waals surface area contributed by atoms with E-state index >= 15 is 0 Å². The average molecular weight is 237 g/mol. The van der Waals surface area contributed by atoms with Crippen molar-refractivity contribution in [1.29, 1.82) is 0 Å². The van der Waals surface area contributed by atoms with Crippen LogP contribution in [0.25, 0.3) is 11.8 Å². The molecule has 0 aliphatic carbocycles. The number of rotatable bonds is 1. The van der Waals surface area contributed by atoms with Gasteiger partial charge in [-0.2, -0.15) is 0 Å². The van der Waals surface area contributed by atoms with Crippen molar-refractivity contribution in [1.82, 2.24) is 15.3 Å². The Hall–Kier alpha value is -1.25. The zero-order valence-corrected chi connectivity index (χ0v) is 12.3. The molecule has 2 N–H and O–H groups in total. The van der Waals surface area contributed by atoms with Gasteiger partial charge in [-0.25, -0.2) is 4.98 Å². The van der Waals surface area contributed by atoms with Crippen LogP contribution in [0.3, 0.4) is 0 Å². The predicted octanol–water partition coefficient (Wildman–Crippen LogP) is 2.10. The summed E-state index contributed by atoms with van der Waals surface area (Å²) in [6.45, 7) is 15.3. The number of fused-ring (bicyclic) bond motifs is 1. The van der Waals surface area contributed by atoms with E-state index in [1.54, 1.807) is 0 Å². The lowest BCUT2D eigenvalue weighted by Gasteiger charge is -2.04. The molecule has 0 amide bonds. The molecule has 1 aliphatic rings. The zero-order valence-electron chi connectivity index (χ0n) is 12.3. The molecule has 0 spiro atoms. The first kappa shape index (κ1) is 15.8. The van der Waals surface area contributed by atoms with Crippen molar-refractivity contribution >= 4 is 11.8 Å². The van der Waals surface area contributed by atoms with E-state index in [-0.39, 0.29) is 0 Å². The fourth-order valence-corrected chi connectivity index (χ4v) is 1.50. The van der Waals surface area contributed by atoms with E-state index in [4.69, 9.17) is 0 Å². The van der Waals surface area contributed by atoms with Crippen molar-refractivity contribution in [3.63, 3.8) is 0 Å². The number of aromatic amines is 1. The van der Waals surface area contributed by atoms with Gasteiger partial charge in [0.05, 0.1) is 5.35 Å². The van der Waals surface area contributed by atoms with Gasteiger partial charge in [0.25, 0.3) is 0 Å². The van der Waals surface area contributed by atoms with Gasteiger partial charge >= 0.3 is 0 Å². The maximum absolute atomic E-state index is 4.54. The molecule has 2 heterocycles.